The first-order valence-electron chi connectivity index (χ1n) is 20.3. The molecule has 5 N–H and O–H groups in total. The minimum Gasteiger partial charge on any atom is -0.489 e. The minimum absolute atomic E-state index is 0.0393. The van der Waals surface area contributed by atoms with Crippen molar-refractivity contribution in [2.45, 2.75) is 51.2 Å². The fraction of sp³-hybridized carbons (Fsp3) is 0.180. The summed E-state index contributed by atoms with van der Waals surface area (Å²) < 4.78 is 22.5. The molecule has 0 saturated heterocycles. The number of benzene rings is 6. The number of amides is 3. The second-order valence-corrected chi connectivity index (χ2v) is 14.4. The molecule has 6 aromatic carbocycles. The Balaban J connectivity index is 1.11. The highest BCUT2D eigenvalue weighted by atomic mass is 16.5. The number of hydrogen-bond acceptors (Lipinski definition) is 10. The van der Waals surface area contributed by atoms with Crippen molar-refractivity contribution in [1.29, 1.82) is 0 Å². The second kappa shape index (κ2) is 23.2. The number of rotatable bonds is 21. The van der Waals surface area contributed by atoms with Gasteiger partial charge in [-0.1, -0.05) is 121 Å². The Bertz CT molecular complexity index is 2430. The van der Waals surface area contributed by atoms with Gasteiger partial charge in [0.1, 0.15) is 43.4 Å². The summed E-state index contributed by atoms with van der Waals surface area (Å²) in [5, 5.41) is 8.26. The Kier molecular flexibility index (Phi) is 16.4. The lowest BCUT2D eigenvalue weighted by molar-refractivity contribution is -0.148. The molecule has 0 heterocycles. The van der Waals surface area contributed by atoms with E-state index in [1.165, 1.54) is 12.1 Å². The number of anilines is 2. The summed E-state index contributed by atoms with van der Waals surface area (Å²) in [7, 11) is 0. The van der Waals surface area contributed by atoms with Crippen molar-refractivity contribution in [1.82, 2.24) is 10.6 Å². The zero-order valence-corrected chi connectivity index (χ0v) is 34.4. The molecule has 63 heavy (non-hydrogen) atoms. The standard InChI is InChI=1S/C50H48N4O9/c51-42-21-10-11-22-45(42)61-34-46(55)53-44(29-35-23-25-41(26-24-35)60-31-36-13-4-1-5-14-36)49(58)52-40-20-12-19-39(30-40)48(57)54-43(50(59)63-33-38-17-8-3-9-18-38)27-28-47(56)62-32-37-15-6-2-7-16-37/h1-26,30,43-44H,27-29,31-34,51H2,(H,52,58)(H,53,55)(H,54,57)/t43-,44-/m0/s1. The molecule has 13 heteroatoms. The topological polar surface area (TPSA) is 184 Å². The maximum atomic E-state index is 13.9. The summed E-state index contributed by atoms with van der Waals surface area (Å²) in [5.74, 6) is -2.12. The van der Waals surface area contributed by atoms with E-state index in [2.05, 4.69) is 16.0 Å². The van der Waals surface area contributed by atoms with Crippen LogP contribution in [0.5, 0.6) is 11.5 Å². The van der Waals surface area contributed by atoms with Crippen molar-refractivity contribution in [3.8, 4) is 11.5 Å². The predicted molar refractivity (Wildman–Crippen MR) is 237 cm³/mol. The van der Waals surface area contributed by atoms with E-state index >= 15 is 0 Å². The molecule has 2 atom stereocenters. The van der Waals surface area contributed by atoms with E-state index in [1.54, 1.807) is 60.7 Å². The second-order valence-electron chi connectivity index (χ2n) is 14.4. The lowest BCUT2D eigenvalue weighted by Crippen LogP contribution is -2.46. The molecule has 6 rings (SSSR count). The first kappa shape index (κ1) is 44.6. The van der Waals surface area contributed by atoms with Gasteiger partial charge in [-0.2, -0.15) is 0 Å². The summed E-state index contributed by atoms with van der Waals surface area (Å²) in [4.78, 5) is 66.8. The molecule has 0 unspecified atom stereocenters. The monoisotopic (exact) mass is 848 g/mol. The molecule has 322 valence electrons. The average Bonchev–Trinajstić information content (AvgIpc) is 3.31. The van der Waals surface area contributed by atoms with Gasteiger partial charge in [-0.05, 0) is 71.1 Å². The third-order valence-corrected chi connectivity index (χ3v) is 9.63. The molecule has 6 aromatic rings. The van der Waals surface area contributed by atoms with Crippen LogP contribution in [0.25, 0.3) is 0 Å². The van der Waals surface area contributed by atoms with Crippen LogP contribution in [0.4, 0.5) is 11.4 Å². The van der Waals surface area contributed by atoms with Crippen molar-refractivity contribution < 1.29 is 42.9 Å². The largest absolute Gasteiger partial charge is 0.489 e. The van der Waals surface area contributed by atoms with Crippen molar-refractivity contribution in [2.24, 2.45) is 0 Å². The zero-order valence-electron chi connectivity index (χ0n) is 34.4. The van der Waals surface area contributed by atoms with Crippen LogP contribution in [-0.2, 0) is 54.9 Å². The molecule has 0 spiro atoms. The molecule has 0 fully saturated rings. The Morgan fingerprint density at radius 1 is 0.556 bits per heavy atom. The molecule has 0 radical (unpaired) electrons. The Morgan fingerprint density at radius 2 is 1.16 bits per heavy atom. The van der Waals surface area contributed by atoms with Gasteiger partial charge in [0.2, 0.25) is 5.91 Å². The van der Waals surface area contributed by atoms with Crippen LogP contribution in [0.3, 0.4) is 0 Å². The van der Waals surface area contributed by atoms with Crippen molar-refractivity contribution in [3.05, 3.63) is 192 Å². The summed E-state index contributed by atoms with van der Waals surface area (Å²) in [5.41, 5.74) is 9.99. The third kappa shape index (κ3) is 14.6. The fourth-order valence-corrected chi connectivity index (χ4v) is 6.26. The first-order valence-corrected chi connectivity index (χ1v) is 20.3. The molecule has 13 nitrogen and oxygen atoms in total. The van der Waals surface area contributed by atoms with E-state index in [9.17, 15) is 24.0 Å². The van der Waals surface area contributed by atoms with Crippen LogP contribution in [0, 0.1) is 0 Å². The molecule has 0 aromatic heterocycles. The van der Waals surface area contributed by atoms with Crippen LogP contribution in [0.15, 0.2) is 164 Å². The number of nitrogens with one attached hydrogen (secondary N) is 3. The lowest BCUT2D eigenvalue weighted by atomic mass is 10.0. The van der Waals surface area contributed by atoms with Crippen molar-refractivity contribution in [3.63, 3.8) is 0 Å². The van der Waals surface area contributed by atoms with Gasteiger partial charge in [-0.3, -0.25) is 19.2 Å². The summed E-state index contributed by atoms with van der Waals surface area (Å²) in [6, 6.07) is 45.7. The highest BCUT2D eigenvalue weighted by Gasteiger charge is 2.26. The molecule has 0 bridgehead atoms. The lowest BCUT2D eigenvalue weighted by Gasteiger charge is -2.20. The molecular formula is C50H48N4O9. The number of para-hydroxylation sites is 2. The van der Waals surface area contributed by atoms with Gasteiger partial charge in [-0.15, -0.1) is 0 Å². The van der Waals surface area contributed by atoms with Crippen molar-refractivity contribution >= 4 is 41.0 Å². The number of ether oxygens (including phenoxy) is 4. The zero-order chi connectivity index (χ0) is 44.2. The van der Waals surface area contributed by atoms with Crippen LogP contribution in [0.1, 0.15) is 45.5 Å². The van der Waals surface area contributed by atoms with E-state index in [0.29, 0.717) is 23.8 Å². The SMILES string of the molecule is Nc1ccccc1OCC(=O)N[C@@H](Cc1ccc(OCc2ccccc2)cc1)C(=O)Nc1cccc(C(=O)N[C@@H](CCC(=O)OCc2ccccc2)C(=O)OCc2ccccc2)c1. The predicted octanol–water partition coefficient (Wildman–Crippen LogP) is 6.96. The van der Waals surface area contributed by atoms with Gasteiger partial charge >= 0.3 is 11.9 Å². The van der Waals surface area contributed by atoms with E-state index in [0.717, 1.165) is 22.3 Å². The Morgan fingerprint density at radius 3 is 1.81 bits per heavy atom. The van der Waals surface area contributed by atoms with Gasteiger partial charge in [0, 0.05) is 24.1 Å². The molecule has 0 aliphatic rings. The summed E-state index contributed by atoms with van der Waals surface area (Å²) >= 11 is 0. The molecular weight excluding hydrogens is 801 g/mol. The summed E-state index contributed by atoms with van der Waals surface area (Å²) in [6.45, 7) is 0.000287. The Labute approximate surface area is 365 Å². The number of hydrogen-bond donors (Lipinski definition) is 4. The maximum Gasteiger partial charge on any atom is 0.328 e. The smallest absolute Gasteiger partial charge is 0.328 e. The van der Waals surface area contributed by atoms with Gasteiger partial charge in [0.05, 0.1) is 5.69 Å². The normalized spacial score (nSPS) is 11.6. The molecule has 0 aliphatic heterocycles. The number of esters is 2. The molecule has 3 amide bonds. The maximum absolute atomic E-state index is 13.9. The average molecular weight is 849 g/mol. The van der Waals surface area contributed by atoms with Gasteiger partial charge in [-0.25, -0.2) is 4.79 Å². The summed E-state index contributed by atoms with van der Waals surface area (Å²) in [6.07, 6.45) is -0.162. The van der Waals surface area contributed by atoms with Crippen molar-refractivity contribution in [2.75, 3.05) is 17.7 Å². The van der Waals surface area contributed by atoms with Crippen LogP contribution in [-0.4, -0.2) is 48.4 Å². The van der Waals surface area contributed by atoms with Crippen LogP contribution in [0.2, 0.25) is 0 Å². The first-order chi connectivity index (χ1) is 30.7. The van der Waals surface area contributed by atoms with Gasteiger partial charge in [0.15, 0.2) is 6.61 Å². The number of carbonyl (C=O) groups is 5. The van der Waals surface area contributed by atoms with E-state index in [4.69, 9.17) is 24.7 Å². The van der Waals surface area contributed by atoms with Crippen LogP contribution < -0.4 is 31.2 Å². The fourth-order valence-electron chi connectivity index (χ4n) is 6.26. The minimum atomic E-state index is -1.20. The number of nitrogen functional groups attached to an aromatic ring is 1. The molecule has 0 aliphatic carbocycles. The van der Waals surface area contributed by atoms with Gasteiger partial charge in [0.25, 0.3) is 11.8 Å². The number of carbonyl (C=O) groups excluding carboxylic acids is 5. The van der Waals surface area contributed by atoms with E-state index < -0.39 is 48.4 Å². The Hall–Kier alpha value is -7.93. The van der Waals surface area contributed by atoms with Crippen LogP contribution >= 0.6 is 0 Å². The van der Waals surface area contributed by atoms with E-state index in [1.807, 2.05) is 91.0 Å². The highest BCUT2D eigenvalue weighted by Crippen LogP contribution is 2.20. The number of nitrogens with two attached hydrogens (primary N) is 1. The highest BCUT2D eigenvalue weighted by molar-refractivity contribution is 6.01. The molecule has 0 saturated carbocycles. The van der Waals surface area contributed by atoms with Gasteiger partial charge < -0.3 is 40.6 Å². The quantitative estimate of drug-likeness (QED) is 0.0436. The third-order valence-electron chi connectivity index (χ3n) is 9.63. The van der Waals surface area contributed by atoms with E-state index in [-0.39, 0.29) is 43.7 Å².